The van der Waals surface area contributed by atoms with Gasteiger partial charge in [-0.3, -0.25) is 9.59 Å². The number of ketones is 2. The second-order valence-electron chi connectivity index (χ2n) is 4.87. The Bertz CT molecular complexity index is 266. The summed E-state index contributed by atoms with van der Waals surface area (Å²) >= 11 is 0. The average molecular weight is 236 g/mol. The summed E-state index contributed by atoms with van der Waals surface area (Å²) in [5, 5.41) is 0. The highest BCUT2D eigenvalue weighted by atomic mass is 16.2. The van der Waals surface area contributed by atoms with Crippen LogP contribution < -0.4 is 0 Å². The fraction of sp³-hybridized carbons (Fsp3) is 0.733. The molecule has 0 saturated carbocycles. The van der Waals surface area contributed by atoms with Crippen LogP contribution in [0.1, 0.15) is 70.6 Å². The minimum atomic E-state index is -0.149. The Hall–Kier alpha value is -0.920. The molecule has 0 aromatic rings. The van der Waals surface area contributed by atoms with Crippen LogP contribution in [0.5, 0.6) is 0 Å². The van der Waals surface area contributed by atoms with E-state index in [-0.39, 0.29) is 11.6 Å². The number of hydrogen-bond donors (Lipinski definition) is 0. The molecule has 0 N–H and O–H groups in total. The molecule has 0 spiro atoms. The lowest BCUT2D eigenvalue weighted by atomic mass is 10.0. The Morgan fingerprint density at radius 1 is 0.588 bits per heavy atom. The molecule has 0 amide bonds. The Labute approximate surface area is 104 Å². The van der Waals surface area contributed by atoms with Gasteiger partial charge in [0, 0.05) is 12.8 Å². The fourth-order valence-corrected chi connectivity index (χ4v) is 2.14. The molecule has 1 aliphatic carbocycles. The fourth-order valence-electron chi connectivity index (χ4n) is 2.14. The van der Waals surface area contributed by atoms with Crippen molar-refractivity contribution in [1.82, 2.24) is 0 Å². The van der Waals surface area contributed by atoms with Gasteiger partial charge in [0.15, 0.2) is 11.6 Å². The third-order valence-electron chi connectivity index (χ3n) is 3.28. The van der Waals surface area contributed by atoms with Crippen molar-refractivity contribution in [2.75, 3.05) is 0 Å². The quantitative estimate of drug-likeness (QED) is 0.471. The van der Waals surface area contributed by atoms with E-state index in [1.54, 1.807) is 0 Å². The summed E-state index contributed by atoms with van der Waals surface area (Å²) in [5.41, 5.74) is 0. The van der Waals surface area contributed by atoms with Gasteiger partial charge in [-0.15, -0.1) is 0 Å². The lowest BCUT2D eigenvalue weighted by Gasteiger charge is -2.00. The Kier molecular flexibility index (Phi) is 7.61. The Morgan fingerprint density at radius 2 is 1.00 bits per heavy atom. The molecule has 2 nitrogen and oxygen atoms in total. The predicted octanol–water partition coefficient (Wildman–Crippen LogP) is 3.99. The third kappa shape index (κ3) is 7.09. The molecular weight excluding hydrogens is 212 g/mol. The van der Waals surface area contributed by atoms with Crippen LogP contribution in [0.2, 0.25) is 0 Å². The largest absolute Gasteiger partial charge is 0.291 e. The molecule has 0 heterocycles. The van der Waals surface area contributed by atoms with Crippen molar-refractivity contribution in [3.8, 4) is 0 Å². The van der Waals surface area contributed by atoms with Crippen LogP contribution in [0.15, 0.2) is 12.2 Å². The Morgan fingerprint density at radius 3 is 1.65 bits per heavy atom. The highest BCUT2D eigenvalue weighted by Gasteiger charge is 2.12. The third-order valence-corrected chi connectivity index (χ3v) is 3.28. The van der Waals surface area contributed by atoms with E-state index in [1.165, 1.54) is 25.7 Å². The van der Waals surface area contributed by atoms with Crippen LogP contribution in [0.3, 0.4) is 0 Å². The smallest absolute Gasteiger partial charge is 0.198 e. The zero-order chi connectivity index (χ0) is 12.3. The number of hydrogen-bond acceptors (Lipinski definition) is 2. The molecule has 0 aliphatic heterocycles. The zero-order valence-electron chi connectivity index (χ0n) is 10.7. The number of carbonyl (C=O) groups excluding carboxylic acids is 2. The van der Waals surface area contributed by atoms with Crippen LogP contribution >= 0.6 is 0 Å². The molecule has 17 heavy (non-hydrogen) atoms. The molecule has 1 aliphatic rings. The maximum Gasteiger partial charge on any atom is 0.198 e. The van der Waals surface area contributed by atoms with Gasteiger partial charge in [-0.05, 0) is 38.5 Å². The highest BCUT2D eigenvalue weighted by Crippen LogP contribution is 2.11. The minimum Gasteiger partial charge on any atom is -0.291 e. The van der Waals surface area contributed by atoms with E-state index in [9.17, 15) is 9.59 Å². The molecule has 0 fully saturated rings. The van der Waals surface area contributed by atoms with Gasteiger partial charge in [0.2, 0.25) is 0 Å². The first-order valence-corrected chi connectivity index (χ1v) is 7.02. The number of Topliss-reactive ketones (excluding diaryl/α,β-unsaturated/α-hetero) is 2. The van der Waals surface area contributed by atoms with Crippen molar-refractivity contribution in [1.29, 1.82) is 0 Å². The van der Waals surface area contributed by atoms with Gasteiger partial charge in [-0.1, -0.05) is 31.4 Å². The van der Waals surface area contributed by atoms with E-state index >= 15 is 0 Å². The van der Waals surface area contributed by atoms with Gasteiger partial charge in [-0.2, -0.15) is 0 Å². The summed E-state index contributed by atoms with van der Waals surface area (Å²) in [5.74, 6) is -0.292. The Balaban J connectivity index is 2.32. The maximum absolute atomic E-state index is 11.5. The van der Waals surface area contributed by atoms with E-state index in [0.717, 1.165) is 32.1 Å². The van der Waals surface area contributed by atoms with Crippen molar-refractivity contribution in [3.63, 3.8) is 0 Å². The summed E-state index contributed by atoms with van der Waals surface area (Å²) in [4.78, 5) is 23.0. The SMILES string of the molecule is O=C1CCCCC=CCCCCCCCC1=O. The molecule has 0 aromatic heterocycles. The van der Waals surface area contributed by atoms with Crippen LogP contribution in [0.25, 0.3) is 0 Å². The number of rotatable bonds is 0. The second kappa shape index (κ2) is 9.15. The summed E-state index contributed by atoms with van der Waals surface area (Å²) in [6.45, 7) is 0. The summed E-state index contributed by atoms with van der Waals surface area (Å²) in [7, 11) is 0. The highest BCUT2D eigenvalue weighted by molar-refractivity contribution is 6.37. The van der Waals surface area contributed by atoms with Crippen molar-refractivity contribution < 1.29 is 9.59 Å². The summed E-state index contributed by atoms with van der Waals surface area (Å²) in [6.07, 6.45) is 15.2. The molecule has 0 atom stereocenters. The lowest BCUT2D eigenvalue weighted by molar-refractivity contribution is -0.136. The molecule has 0 radical (unpaired) electrons. The average Bonchev–Trinajstić information content (AvgIpc) is 2.34. The molecular formula is C15H24O2. The molecule has 1 rings (SSSR count). The van der Waals surface area contributed by atoms with Crippen molar-refractivity contribution >= 4 is 11.6 Å². The van der Waals surface area contributed by atoms with Crippen LogP contribution in [0.4, 0.5) is 0 Å². The van der Waals surface area contributed by atoms with E-state index in [1.807, 2.05) is 0 Å². The lowest BCUT2D eigenvalue weighted by Crippen LogP contribution is -2.13. The van der Waals surface area contributed by atoms with Crippen molar-refractivity contribution in [3.05, 3.63) is 12.2 Å². The van der Waals surface area contributed by atoms with Gasteiger partial charge >= 0.3 is 0 Å². The zero-order valence-corrected chi connectivity index (χ0v) is 10.7. The molecule has 2 heteroatoms. The monoisotopic (exact) mass is 236 g/mol. The normalized spacial score (nSPS) is 21.9. The van der Waals surface area contributed by atoms with Crippen LogP contribution in [-0.2, 0) is 9.59 Å². The first kappa shape index (κ1) is 14.1. The van der Waals surface area contributed by atoms with Crippen molar-refractivity contribution in [2.24, 2.45) is 0 Å². The van der Waals surface area contributed by atoms with Crippen LogP contribution in [0, 0.1) is 0 Å². The van der Waals surface area contributed by atoms with E-state index in [4.69, 9.17) is 0 Å². The first-order chi connectivity index (χ1) is 8.30. The van der Waals surface area contributed by atoms with Gasteiger partial charge < -0.3 is 0 Å². The van der Waals surface area contributed by atoms with E-state index in [0.29, 0.717) is 12.8 Å². The molecule has 0 saturated heterocycles. The molecule has 0 unspecified atom stereocenters. The van der Waals surface area contributed by atoms with Gasteiger partial charge in [0.05, 0.1) is 0 Å². The molecule has 96 valence electrons. The summed E-state index contributed by atoms with van der Waals surface area (Å²) < 4.78 is 0. The maximum atomic E-state index is 11.5. The van der Waals surface area contributed by atoms with E-state index < -0.39 is 0 Å². The predicted molar refractivity (Wildman–Crippen MR) is 69.9 cm³/mol. The topological polar surface area (TPSA) is 34.1 Å². The van der Waals surface area contributed by atoms with E-state index in [2.05, 4.69) is 12.2 Å². The number of allylic oxidation sites excluding steroid dienone is 2. The minimum absolute atomic E-state index is 0.143. The number of carbonyl (C=O) groups is 2. The van der Waals surface area contributed by atoms with Gasteiger partial charge in [0.25, 0.3) is 0 Å². The second-order valence-corrected chi connectivity index (χ2v) is 4.87. The van der Waals surface area contributed by atoms with Gasteiger partial charge in [-0.25, -0.2) is 0 Å². The molecule has 0 bridgehead atoms. The van der Waals surface area contributed by atoms with Gasteiger partial charge in [0.1, 0.15) is 0 Å². The van der Waals surface area contributed by atoms with Crippen molar-refractivity contribution in [2.45, 2.75) is 70.6 Å². The molecule has 0 aromatic carbocycles. The van der Waals surface area contributed by atoms with Crippen LogP contribution in [-0.4, -0.2) is 11.6 Å². The standard InChI is InChI=1S/C15H24O2/c16-14-12-10-8-6-4-2-1-3-5-7-9-11-13-15(14)17/h2,4H,1,3,5-13H2. The first-order valence-electron chi connectivity index (χ1n) is 7.02. The summed E-state index contributed by atoms with van der Waals surface area (Å²) in [6, 6.07) is 0.